The fraction of sp³-hybridized carbons (Fsp3) is 0.333. The van der Waals surface area contributed by atoms with Crippen molar-refractivity contribution in [2.75, 3.05) is 32.7 Å². The summed E-state index contributed by atoms with van der Waals surface area (Å²) in [6.45, 7) is 3.85. The molecule has 3 rings (SSSR count). The van der Waals surface area contributed by atoms with Crippen LogP contribution in [0.15, 0.2) is 42.5 Å². The zero-order chi connectivity index (χ0) is 20.1. The van der Waals surface area contributed by atoms with Crippen LogP contribution in [0.3, 0.4) is 0 Å². The third-order valence-electron chi connectivity index (χ3n) is 4.75. The average molecular weight is 422 g/mol. The molecule has 1 saturated heterocycles. The quantitative estimate of drug-likeness (QED) is 0.778. The van der Waals surface area contributed by atoms with Gasteiger partial charge in [0, 0.05) is 19.6 Å². The Labute approximate surface area is 175 Å². The van der Waals surface area contributed by atoms with Gasteiger partial charge in [0.05, 0.1) is 5.56 Å². The molecule has 156 valence electrons. The lowest BCUT2D eigenvalue weighted by Crippen LogP contribution is -2.52. The van der Waals surface area contributed by atoms with Crippen LogP contribution < -0.4 is 10.5 Å². The lowest BCUT2D eigenvalue weighted by atomic mass is 10.1. The largest absolute Gasteiger partial charge is 0.457 e. The van der Waals surface area contributed by atoms with Crippen LogP contribution in [0.5, 0.6) is 11.5 Å². The number of nitrogens with zero attached hydrogens (tertiary/aromatic N) is 2. The van der Waals surface area contributed by atoms with E-state index in [1.165, 1.54) is 23.1 Å². The van der Waals surface area contributed by atoms with Crippen molar-refractivity contribution in [2.45, 2.75) is 13.3 Å². The Morgan fingerprint density at radius 1 is 1.14 bits per heavy atom. The Balaban J connectivity index is 0.00000300. The van der Waals surface area contributed by atoms with E-state index in [0.29, 0.717) is 37.7 Å². The normalized spacial score (nSPS) is 13.8. The van der Waals surface area contributed by atoms with E-state index in [1.807, 2.05) is 19.1 Å². The van der Waals surface area contributed by atoms with Crippen LogP contribution in [0.2, 0.25) is 0 Å². The van der Waals surface area contributed by atoms with Crippen LogP contribution >= 0.6 is 12.4 Å². The van der Waals surface area contributed by atoms with E-state index < -0.39 is 11.7 Å². The van der Waals surface area contributed by atoms with E-state index in [2.05, 4.69) is 0 Å². The van der Waals surface area contributed by atoms with Gasteiger partial charge in [0.25, 0.3) is 5.91 Å². The first-order valence-electron chi connectivity index (χ1n) is 9.35. The number of halogens is 2. The molecule has 2 amide bonds. The number of carbonyl (C=O) groups excluding carboxylic acids is 2. The maximum atomic E-state index is 14.3. The van der Waals surface area contributed by atoms with Crippen molar-refractivity contribution in [3.05, 3.63) is 59.4 Å². The van der Waals surface area contributed by atoms with Crippen molar-refractivity contribution in [3.8, 4) is 11.5 Å². The molecule has 0 unspecified atom stereocenters. The molecule has 1 aliphatic heterocycles. The maximum absolute atomic E-state index is 14.3. The zero-order valence-corrected chi connectivity index (χ0v) is 17.1. The minimum atomic E-state index is -0.638. The molecule has 6 nitrogen and oxygen atoms in total. The molecule has 8 heteroatoms. The number of nitrogens with two attached hydrogens (primary N) is 1. The lowest BCUT2D eigenvalue weighted by Gasteiger charge is -2.33. The van der Waals surface area contributed by atoms with Gasteiger partial charge in [-0.15, -0.1) is 12.4 Å². The summed E-state index contributed by atoms with van der Waals surface area (Å²) >= 11 is 0. The summed E-state index contributed by atoms with van der Waals surface area (Å²) < 4.78 is 20.0. The second kappa shape index (κ2) is 10.2. The van der Waals surface area contributed by atoms with Gasteiger partial charge in [0.2, 0.25) is 5.91 Å². The van der Waals surface area contributed by atoms with E-state index in [4.69, 9.17) is 10.5 Å². The number of hydrogen-bond donors (Lipinski definition) is 1. The summed E-state index contributed by atoms with van der Waals surface area (Å²) in [5.74, 6) is -0.341. The third kappa shape index (κ3) is 5.46. The molecular formula is C21H25ClFN3O3. The molecule has 1 aliphatic rings. The van der Waals surface area contributed by atoms with Gasteiger partial charge >= 0.3 is 0 Å². The van der Waals surface area contributed by atoms with Gasteiger partial charge in [-0.25, -0.2) is 4.39 Å². The Morgan fingerprint density at radius 3 is 2.45 bits per heavy atom. The first-order chi connectivity index (χ1) is 13.5. The number of piperazine rings is 1. The van der Waals surface area contributed by atoms with Crippen LogP contribution in [0.1, 0.15) is 22.8 Å². The molecule has 0 saturated carbocycles. The van der Waals surface area contributed by atoms with Crippen molar-refractivity contribution in [3.63, 3.8) is 0 Å². The molecule has 29 heavy (non-hydrogen) atoms. The predicted octanol–water partition coefficient (Wildman–Crippen LogP) is 2.85. The summed E-state index contributed by atoms with van der Waals surface area (Å²) in [6.07, 6.45) is 0.777. The first-order valence-corrected chi connectivity index (χ1v) is 9.35. The highest BCUT2D eigenvalue weighted by Crippen LogP contribution is 2.25. The van der Waals surface area contributed by atoms with Crippen LogP contribution in [0, 0.1) is 5.82 Å². The van der Waals surface area contributed by atoms with Crippen molar-refractivity contribution in [1.29, 1.82) is 0 Å². The maximum Gasteiger partial charge on any atom is 0.257 e. The predicted molar refractivity (Wildman–Crippen MR) is 111 cm³/mol. The molecule has 1 heterocycles. The zero-order valence-electron chi connectivity index (χ0n) is 16.3. The topological polar surface area (TPSA) is 75.9 Å². The van der Waals surface area contributed by atoms with E-state index in [0.717, 1.165) is 12.0 Å². The minimum absolute atomic E-state index is 0. The average Bonchev–Trinajstić information content (AvgIpc) is 2.70. The van der Waals surface area contributed by atoms with Gasteiger partial charge in [-0.2, -0.15) is 0 Å². The molecule has 0 atom stereocenters. The number of hydrogen-bond acceptors (Lipinski definition) is 4. The smallest absolute Gasteiger partial charge is 0.257 e. The Bertz CT molecular complexity index is 861. The molecule has 0 spiro atoms. The SMILES string of the molecule is CCN1CCN(C(=O)c2cc(Oc3ccc(CCN)cc3)ccc2F)CC1=O.Cl. The molecule has 1 fully saturated rings. The van der Waals surface area contributed by atoms with Gasteiger partial charge < -0.3 is 20.3 Å². The number of carbonyl (C=O) groups is 2. The van der Waals surface area contributed by atoms with Crippen molar-refractivity contribution < 1.29 is 18.7 Å². The minimum Gasteiger partial charge on any atom is -0.457 e. The van der Waals surface area contributed by atoms with Crippen molar-refractivity contribution in [2.24, 2.45) is 5.73 Å². The standard InChI is InChI=1S/C21H24FN3O3.ClH/c1-2-24-11-12-25(14-20(24)26)21(27)18-13-17(7-8-19(18)22)28-16-5-3-15(4-6-16)9-10-23;/h3-8,13H,2,9-12,14,23H2,1H3;1H. The van der Waals surface area contributed by atoms with Gasteiger partial charge in [0.1, 0.15) is 23.9 Å². The second-order valence-electron chi connectivity index (χ2n) is 6.63. The van der Waals surface area contributed by atoms with Gasteiger partial charge in [-0.3, -0.25) is 9.59 Å². The Kier molecular flexibility index (Phi) is 7.99. The molecule has 2 aromatic rings. The number of ether oxygens (including phenoxy) is 1. The molecule has 0 bridgehead atoms. The number of benzene rings is 2. The summed E-state index contributed by atoms with van der Waals surface area (Å²) in [6, 6.07) is 11.5. The Hall–Kier alpha value is -2.64. The highest BCUT2D eigenvalue weighted by Gasteiger charge is 2.28. The number of rotatable bonds is 6. The molecule has 2 N–H and O–H groups in total. The summed E-state index contributed by atoms with van der Waals surface area (Å²) in [4.78, 5) is 27.8. The van der Waals surface area contributed by atoms with Crippen molar-refractivity contribution >= 4 is 24.2 Å². The molecule has 2 aromatic carbocycles. The monoisotopic (exact) mass is 421 g/mol. The molecule has 0 radical (unpaired) electrons. The van der Waals surface area contributed by atoms with Gasteiger partial charge in [-0.1, -0.05) is 12.1 Å². The van der Waals surface area contributed by atoms with Crippen LogP contribution in [0.4, 0.5) is 4.39 Å². The highest BCUT2D eigenvalue weighted by molar-refractivity contribution is 5.97. The fourth-order valence-corrected chi connectivity index (χ4v) is 3.15. The number of likely N-dealkylation sites (N-methyl/N-ethyl adjacent to an activating group) is 1. The van der Waals surface area contributed by atoms with Crippen LogP contribution in [0.25, 0.3) is 0 Å². The van der Waals surface area contributed by atoms with Crippen molar-refractivity contribution in [1.82, 2.24) is 9.80 Å². The highest BCUT2D eigenvalue weighted by atomic mass is 35.5. The molecular weight excluding hydrogens is 397 g/mol. The molecule has 0 aliphatic carbocycles. The number of amides is 2. The summed E-state index contributed by atoms with van der Waals surface area (Å²) in [5, 5.41) is 0. The third-order valence-corrected chi connectivity index (χ3v) is 4.75. The summed E-state index contributed by atoms with van der Waals surface area (Å²) in [5.41, 5.74) is 6.54. The van der Waals surface area contributed by atoms with E-state index in [9.17, 15) is 14.0 Å². The first kappa shape index (κ1) is 22.6. The Morgan fingerprint density at radius 2 is 1.83 bits per heavy atom. The summed E-state index contributed by atoms with van der Waals surface area (Å²) in [7, 11) is 0. The van der Waals surface area contributed by atoms with E-state index in [1.54, 1.807) is 17.0 Å². The lowest BCUT2D eigenvalue weighted by molar-refractivity contribution is -0.134. The van der Waals surface area contributed by atoms with Gasteiger partial charge in [-0.05, 0) is 55.8 Å². The fourth-order valence-electron chi connectivity index (χ4n) is 3.15. The second-order valence-corrected chi connectivity index (χ2v) is 6.63. The van der Waals surface area contributed by atoms with Crippen LogP contribution in [-0.4, -0.2) is 54.3 Å². The van der Waals surface area contributed by atoms with E-state index in [-0.39, 0.29) is 30.4 Å². The molecule has 0 aromatic heterocycles. The van der Waals surface area contributed by atoms with Crippen LogP contribution in [-0.2, 0) is 11.2 Å². The van der Waals surface area contributed by atoms with Gasteiger partial charge in [0.15, 0.2) is 0 Å². The van der Waals surface area contributed by atoms with E-state index >= 15 is 0 Å².